The van der Waals surface area contributed by atoms with Gasteiger partial charge < -0.3 is 0 Å². The molecule has 0 bridgehead atoms. The number of rotatable bonds is 7. The zero-order valence-corrected chi connectivity index (χ0v) is 35.0. The van der Waals surface area contributed by atoms with Gasteiger partial charge in [0.1, 0.15) is 0 Å². The Labute approximate surface area is 372 Å². The fraction of sp³-hybridized carbons (Fsp3) is 0. The van der Waals surface area contributed by atoms with Crippen molar-refractivity contribution < 1.29 is 0 Å². The minimum atomic E-state index is 0.704. The van der Waals surface area contributed by atoms with Crippen molar-refractivity contribution in [2.75, 3.05) is 0 Å². The van der Waals surface area contributed by atoms with Gasteiger partial charge >= 0.3 is 0 Å². The molecule has 0 saturated carbocycles. The summed E-state index contributed by atoms with van der Waals surface area (Å²) in [6.07, 6.45) is 0. The maximum Gasteiger partial charge on any atom is 0.160 e. The Kier molecular flexibility index (Phi) is 9.20. The number of hydrogen-bond acceptors (Lipinski definition) is 2. The average molecular weight is 813 g/mol. The smallest absolute Gasteiger partial charge is 0.160 e. The molecule has 0 aliphatic rings. The monoisotopic (exact) mass is 812 g/mol. The van der Waals surface area contributed by atoms with Crippen molar-refractivity contribution in [1.29, 1.82) is 0 Å². The van der Waals surface area contributed by atoms with Crippen LogP contribution >= 0.6 is 0 Å². The second-order valence-electron chi connectivity index (χ2n) is 16.4. The Morgan fingerprint density at radius 2 is 0.672 bits per heavy atom. The molecule has 1 aromatic heterocycles. The SMILES string of the molecule is c1ccc(-c2ccc(-c3cc(-c4ccc(-c5ccc(-c6c7ccccc7c(-c7ccccc7)c7c6ccc6ccccc67)c6ccccc56)cc4)nc(-c4ccccc4)n3)cc2)cc1. The van der Waals surface area contributed by atoms with Crippen LogP contribution in [0.2, 0.25) is 0 Å². The third-order valence-corrected chi connectivity index (χ3v) is 12.7. The van der Waals surface area contributed by atoms with Gasteiger partial charge in [0.2, 0.25) is 0 Å². The molecular weight excluding hydrogens is 773 g/mol. The lowest BCUT2D eigenvalue weighted by atomic mass is 9.82. The third kappa shape index (κ3) is 6.52. The van der Waals surface area contributed by atoms with Crippen molar-refractivity contribution in [3.05, 3.63) is 243 Å². The first-order chi connectivity index (χ1) is 31.7. The first-order valence-corrected chi connectivity index (χ1v) is 21.9. The third-order valence-electron chi connectivity index (χ3n) is 12.7. The van der Waals surface area contributed by atoms with E-state index in [1.54, 1.807) is 0 Å². The standard InChI is InChI=1S/C62H40N2/c1-4-16-41(17-5-1)42-28-32-45(33-29-42)57-40-58(64-62(63-57)48-21-8-3-9-22-48)46-34-30-44(31-35-46)49-38-39-55(52-25-13-12-24-51(49)52)60-54-27-15-14-26-53(54)59(47-19-6-2-7-20-47)61-50-23-11-10-18-43(50)36-37-56(60)61/h1-40H. The van der Waals surface area contributed by atoms with Gasteiger partial charge in [-0.25, -0.2) is 9.97 Å². The van der Waals surface area contributed by atoms with Gasteiger partial charge in [0, 0.05) is 16.7 Å². The molecule has 298 valence electrons. The van der Waals surface area contributed by atoms with E-state index in [-0.39, 0.29) is 0 Å². The van der Waals surface area contributed by atoms with E-state index in [1.807, 2.05) is 24.3 Å². The molecule has 0 aliphatic carbocycles. The highest BCUT2D eigenvalue weighted by Gasteiger charge is 2.21. The van der Waals surface area contributed by atoms with Crippen molar-refractivity contribution in [1.82, 2.24) is 9.97 Å². The minimum absolute atomic E-state index is 0.704. The molecule has 64 heavy (non-hydrogen) atoms. The largest absolute Gasteiger partial charge is 0.228 e. The molecule has 2 heteroatoms. The summed E-state index contributed by atoms with van der Waals surface area (Å²) in [4.78, 5) is 10.2. The molecule has 0 aliphatic heterocycles. The topological polar surface area (TPSA) is 25.8 Å². The van der Waals surface area contributed by atoms with E-state index in [0.717, 1.165) is 33.6 Å². The van der Waals surface area contributed by atoms with E-state index in [0.29, 0.717) is 5.82 Å². The Hall–Kier alpha value is -8.46. The van der Waals surface area contributed by atoms with Gasteiger partial charge in [0.25, 0.3) is 0 Å². The summed E-state index contributed by atoms with van der Waals surface area (Å²) >= 11 is 0. The van der Waals surface area contributed by atoms with Crippen LogP contribution < -0.4 is 0 Å². The fourth-order valence-electron chi connectivity index (χ4n) is 9.66. The zero-order valence-electron chi connectivity index (χ0n) is 35.0. The normalized spacial score (nSPS) is 11.4. The van der Waals surface area contributed by atoms with Crippen LogP contribution in [-0.2, 0) is 0 Å². The van der Waals surface area contributed by atoms with E-state index in [4.69, 9.17) is 9.97 Å². The van der Waals surface area contributed by atoms with Gasteiger partial charge in [-0.15, -0.1) is 0 Å². The van der Waals surface area contributed by atoms with Gasteiger partial charge in [0.15, 0.2) is 5.82 Å². The van der Waals surface area contributed by atoms with Gasteiger partial charge in [-0.1, -0.05) is 237 Å². The number of nitrogens with zero attached hydrogens (tertiary/aromatic N) is 2. The second kappa shape index (κ2) is 15.8. The van der Waals surface area contributed by atoms with E-state index >= 15 is 0 Å². The molecule has 0 N–H and O–H groups in total. The molecule has 0 amide bonds. The molecule has 1 heterocycles. The van der Waals surface area contributed by atoms with Crippen LogP contribution in [0.3, 0.4) is 0 Å². The van der Waals surface area contributed by atoms with Crippen LogP contribution in [0.1, 0.15) is 0 Å². The predicted octanol–water partition coefficient (Wildman–Crippen LogP) is 16.8. The molecule has 0 spiro atoms. The molecule has 0 radical (unpaired) electrons. The highest BCUT2D eigenvalue weighted by atomic mass is 14.9. The highest BCUT2D eigenvalue weighted by molar-refractivity contribution is 6.29. The molecule has 11 aromatic carbocycles. The highest BCUT2D eigenvalue weighted by Crippen LogP contribution is 2.48. The van der Waals surface area contributed by atoms with E-state index in [9.17, 15) is 0 Å². The number of fused-ring (bicyclic) bond motifs is 5. The van der Waals surface area contributed by atoms with E-state index in [2.05, 4.69) is 218 Å². The van der Waals surface area contributed by atoms with Crippen molar-refractivity contribution in [3.8, 4) is 78.4 Å². The molecule has 2 nitrogen and oxygen atoms in total. The zero-order chi connectivity index (χ0) is 42.4. The van der Waals surface area contributed by atoms with Gasteiger partial charge in [-0.2, -0.15) is 0 Å². The summed E-state index contributed by atoms with van der Waals surface area (Å²) in [6.45, 7) is 0. The van der Waals surface area contributed by atoms with Crippen LogP contribution in [0.15, 0.2) is 243 Å². The number of aromatic nitrogens is 2. The lowest BCUT2D eigenvalue weighted by Crippen LogP contribution is -1.96. The van der Waals surface area contributed by atoms with Crippen molar-refractivity contribution >= 4 is 43.1 Å². The molecule has 12 aromatic rings. The first kappa shape index (κ1) is 37.3. The Morgan fingerprint density at radius 1 is 0.234 bits per heavy atom. The molecule has 12 rings (SSSR count). The summed E-state index contributed by atoms with van der Waals surface area (Å²) in [5.74, 6) is 0.704. The van der Waals surface area contributed by atoms with Crippen molar-refractivity contribution in [2.24, 2.45) is 0 Å². The summed E-state index contributed by atoms with van der Waals surface area (Å²) < 4.78 is 0. The van der Waals surface area contributed by atoms with Gasteiger partial charge in [-0.3, -0.25) is 0 Å². The summed E-state index contributed by atoms with van der Waals surface area (Å²) in [5.41, 5.74) is 14.5. The van der Waals surface area contributed by atoms with E-state index < -0.39 is 0 Å². The lowest BCUT2D eigenvalue weighted by molar-refractivity contribution is 1.18. The number of benzene rings is 11. The fourth-order valence-corrected chi connectivity index (χ4v) is 9.66. The van der Waals surface area contributed by atoms with Crippen LogP contribution in [0.4, 0.5) is 0 Å². The predicted molar refractivity (Wildman–Crippen MR) is 270 cm³/mol. The Morgan fingerprint density at radius 3 is 1.30 bits per heavy atom. The quantitative estimate of drug-likeness (QED) is 0.118. The second-order valence-corrected chi connectivity index (χ2v) is 16.4. The first-order valence-electron chi connectivity index (χ1n) is 21.9. The molecular formula is C62H40N2. The molecule has 0 fully saturated rings. The summed E-state index contributed by atoms with van der Waals surface area (Å²) in [7, 11) is 0. The molecule has 0 atom stereocenters. The number of hydrogen-bond donors (Lipinski definition) is 0. The maximum atomic E-state index is 5.15. The van der Waals surface area contributed by atoms with Crippen LogP contribution in [0.5, 0.6) is 0 Å². The van der Waals surface area contributed by atoms with Crippen LogP contribution in [0, 0.1) is 0 Å². The molecule has 0 saturated heterocycles. The molecule has 0 unspecified atom stereocenters. The van der Waals surface area contributed by atoms with Gasteiger partial charge in [-0.05, 0) is 93.7 Å². The van der Waals surface area contributed by atoms with Crippen molar-refractivity contribution in [2.45, 2.75) is 0 Å². The van der Waals surface area contributed by atoms with E-state index in [1.165, 1.54) is 82.0 Å². The summed E-state index contributed by atoms with van der Waals surface area (Å²) in [5, 5.41) is 9.99. The van der Waals surface area contributed by atoms with Crippen molar-refractivity contribution in [3.63, 3.8) is 0 Å². The maximum absolute atomic E-state index is 5.15. The Balaban J connectivity index is 0.984. The minimum Gasteiger partial charge on any atom is -0.228 e. The summed E-state index contributed by atoms with van der Waals surface area (Å²) in [6, 6.07) is 87.2. The lowest BCUT2D eigenvalue weighted by Gasteiger charge is -2.21. The van der Waals surface area contributed by atoms with Crippen LogP contribution in [-0.4, -0.2) is 9.97 Å². The average Bonchev–Trinajstić information content (AvgIpc) is 3.38. The Bertz CT molecular complexity index is 3670. The van der Waals surface area contributed by atoms with Gasteiger partial charge in [0.05, 0.1) is 11.4 Å². The van der Waals surface area contributed by atoms with Crippen LogP contribution in [0.25, 0.3) is 122 Å².